The Morgan fingerprint density at radius 2 is 2.28 bits per heavy atom. The highest BCUT2D eigenvalue weighted by atomic mass is 79.9. The van der Waals surface area contributed by atoms with Crippen molar-refractivity contribution < 1.29 is 4.74 Å². The van der Waals surface area contributed by atoms with Crippen LogP contribution in [0.2, 0.25) is 0 Å². The first-order valence-electron chi connectivity index (χ1n) is 5.71. The molecule has 0 atom stereocenters. The zero-order chi connectivity index (χ0) is 12.8. The predicted molar refractivity (Wildman–Crippen MR) is 78.8 cm³/mol. The first-order valence-corrected chi connectivity index (χ1v) is 7.27. The van der Waals surface area contributed by atoms with E-state index in [0.29, 0.717) is 0 Å². The van der Waals surface area contributed by atoms with Crippen molar-refractivity contribution in [3.8, 4) is 11.3 Å². The molecule has 96 valence electrons. The van der Waals surface area contributed by atoms with Crippen molar-refractivity contribution in [2.45, 2.75) is 6.54 Å². The molecule has 0 aliphatic heterocycles. The van der Waals surface area contributed by atoms with Crippen LogP contribution in [-0.4, -0.2) is 24.6 Å². The Labute approximate surface area is 119 Å². The fourth-order valence-corrected chi connectivity index (χ4v) is 2.67. The Bertz CT molecular complexity index is 501. The summed E-state index contributed by atoms with van der Waals surface area (Å²) in [4.78, 5) is 1.24. The van der Waals surface area contributed by atoms with E-state index in [1.54, 1.807) is 7.11 Å². The maximum Gasteiger partial charge on any atom is 0.0844 e. The number of rotatable bonds is 6. The molecule has 0 saturated heterocycles. The topological polar surface area (TPSA) is 34.1 Å². The summed E-state index contributed by atoms with van der Waals surface area (Å²) in [5.74, 6) is 0. The quantitative estimate of drug-likeness (QED) is 0.827. The minimum Gasteiger partial charge on any atom is -0.383 e. The van der Waals surface area contributed by atoms with Gasteiger partial charge in [-0.2, -0.15) is 4.37 Å². The summed E-state index contributed by atoms with van der Waals surface area (Å²) in [7, 11) is 1.71. The third-order valence-corrected chi connectivity index (χ3v) is 3.74. The highest BCUT2D eigenvalue weighted by Crippen LogP contribution is 2.24. The molecule has 0 radical (unpaired) electrons. The normalized spacial score (nSPS) is 10.8. The predicted octanol–water partition coefficient (Wildman–Crippen LogP) is 3.31. The van der Waals surface area contributed by atoms with Gasteiger partial charge in [-0.25, -0.2) is 0 Å². The minimum absolute atomic E-state index is 0.733. The molecule has 0 amide bonds. The van der Waals surface area contributed by atoms with Crippen LogP contribution < -0.4 is 5.32 Å². The number of ether oxygens (including phenoxy) is 1. The lowest BCUT2D eigenvalue weighted by Gasteiger charge is -2.00. The van der Waals surface area contributed by atoms with E-state index >= 15 is 0 Å². The lowest BCUT2D eigenvalue weighted by atomic mass is 10.1. The van der Waals surface area contributed by atoms with E-state index in [2.05, 4.69) is 43.8 Å². The lowest BCUT2D eigenvalue weighted by Crippen LogP contribution is -2.17. The van der Waals surface area contributed by atoms with Gasteiger partial charge >= 0.3 is 0 Å². The van der Waals surface area contributed by atoms with Crippen molar-refractivity contribution >= 4 is 27.5 Å². The number of methoxy groups -OCH3 is 1. The number of nitrogens with one attached hydrogen (secondary N) is 1. The molecular weight excluding hydrogens is 312 g/mol. The van der Waals surface area contributed by atoms with Gasteiger partial charge in [0.2, 0.25) is 0 Å². The average molecular weight is 327 g/mol. The Morgan fingerprint density at radius 1 is 1.39 bits per heavy atom. The molecule has 0 spiro atoms. The molecule has 5 heteroatoms. The molecule has 1 N–H and O–H groups in total. The Morgan fingerprint density at radius 3 is 3.06 bits per heavy atom. The summed E-state index contributed by atoms with van der Waals surface area (Å²) in [6.07, 6.45) is 0. The van der Waals surface area contributed by atoms with Gasteiger partial charge in [0.1, 0.15) is 0 Å². The molecule has 2 aromatic rings. The van der Waals surface area contributed by atoms with Crippen molar-refractivity contribution in [3.05, 3.63) is 39.7 Å². The molecule has 1 aromatic heterocycles. The van der Waals surface area contributed by atoms with E-state index in [4.69, 9.17) is 4.74 Å². The van der Waals surface area contributed by atoms with E-state index in [-0.39, 0.29) is 0 Å². The fourth-order valence-electron chi connectivity index (χ4n) is 1.57. The first-order chi connectivity index (χ1) is 8.79. The van der Waals surface area contributed by atoms with Crippen molar-refractivity contribution in [3.63, 3.8) is 0 Å². The molecule has 2 rings (SSSR count). The van der Waals surface area contributed by atoms with Crippen molar-refractivity contribution in [1.29, 1.82) is 0 Å². The maximum absolute atomic E-state index is 4.99. The Balaban J connectivity index is 1.97. The Hall–Kier alpha value is -0.750. The largest absolute Gasteiger partial charge is 0.383 e. The second-order valence-electron chi connectivity index (χ2n) is 3.86. The smallest absolute Gasteiger partial charge is 0.0844 e. The van der Waals surface area contributed by atoms with Crippen molar-refractivity contribution in [1.82, 2.24) is 9.69 Å². The van der Waals surface area contributed by atoms with Gasteiger partial charge in [-0.3, -0.25) is 0 Å². The van der Waals surface area contributed by atoms with Gasteiger partial charge in [-0.05, 0) is 29.7 Å². The van der Waals surface area contributed by atoms with Gasteiger partial charge in [-0.1, -0.05) is 28.1 Å². The van der Waals surface area contributed by atoms with Gasteiger partial charge in [0.15, 0.2) is 0 Å². The molecule has 1 heterocycles. The van der Waals surface area contributed by atoms with Crippen LogP contribution in [0.25, 0.3) is 11.3 Å². The van der Waals surface area contributed by atoms with Crippen LogP contribution in [0, 0.1) is 0 Å². The van der Waals surface area contributed by atoms with Gasteiger partial charge in [0, 0.05) is 35.1 Å². The van der Waals surface area contributed by atoms with Crippen LogP contribution in [0.4, 0.5) is 0 Å². The molecule has 0 aliphatic carbocycles. The van der Waals surface area contributed by atoms with Gasteiger partial charge in [0.05, 0.1) is 12.3 Å². The SMILES string of the molecule is COCCNCc1cc(-c2cccc(Br)c2)ns1. The average Bonchev–Trinajstić information content (AvgIpc) is 2.83. The third-order valence-electron chi connectivity index (χ3n) is 2.46. The van der Waals surface area contributed by atoms with E-state index in [1.165, 1.54) is 16.4 Å². The molecule has 0 unspecified atom stereocenters. The van der Waals surface area contributed by atoms with Crippen molar-refractivity contribution in [2.75, 3.05) is 20.3 Å². The van der Waals surface area contributed by atoms with Crippen LogP contribution in [0.1, 0.15) is 4.88 Å². The highest BCUT2D eigenvalue weighted by Gasteiger charge is 2.04. The number of benzene rings is 1. The summed E-state index contributed by atoms with van der Waals surface area (Å²) in [5.41, 5.74) is 2.17. The number of nitrogens with zero attached hydrogens (tertiary/aromatic N) is 1. The second-order valence-corrected chi connectivity index (χ2v) is 5.66. The summed E-state index contributed by atoms with van der Waals surface area (Å²) < 4.78 is 10.5. The number of hydrogen-bond acceptors (Lipinski definition) is 4. The summed E-state index contributed by atoms with van der Waals surface area (Å²) in [5, 5.41) is 3.31. The molecule has 18 heavy (non-hydrogen) atoms. The standard InChI is InChI=1S/C13H15BrN2OS/c1-17-6-5-15-9-12-8-13(16-18-12)10-3-2-4-11(14)7-10/h2-4,7-8,15H,5-6,9H2,1H3. The lowest BCUT2D eigenvalue weighted by molar-refractivity contribution is 0.199. The monoisotopic (exact) mass is 326 g/mol. The van der Waals surface area contributed by atoms with Gasteiger partial charge in [-0.15, -0.1) is 0 Å². The van der Waals surface area contributed by atoms with Gasteiger partial charge in [0.25, 0.3) is 0 Å². The molecule has 1 aromatic carbocycles. The van der Waals surface area contributed by atoms with E-state index in [0.717, 1.165) is 35.4 Å². The molecule has 0 fully saturated rings. The van der Waals surface area contributed by atoms with Gasteiger partial charge < -0.3 is 10.1 Å². The van der Waals surface area contributed by atoms with Crippen LogP contribution in [-0.2, 0) is 11.3 Å². The summed E-state index contributed by atoms with van der Waals surface area (Å²) >= 11 is 5.01. The number of hydrogen-bond donors (Lipinski definition) is 1. The van der Waals surface area contributed by atoms with Crippen LogP contribution in [0.15, 0.2) is 34.8 Å². The van der Waals surface area contributed by atoms with Crippen LogP contribution >= 0.6 is 27.5 Å². The molecule has 3 nitrogen and oxygen atoms in total. The van der Waals surface area contributed by atoms with E-state index < -0.39 is 0 Å². The van der Waals surface area contributed by atoms with E-state index in [9.17, 15) is 0 Å². The molecule has 0 bridgehead atoms. The third kappa shape index (κ3) is 3.88. The zero-order valence-corrected chi connectivity index (χ0v) is 12.6. The highest BCUT2D eigenvalue weighted by molar-refractivity contribution is 9.10. The number of aromatic nitrogens is 1. The minimum atomic E-state index is 0.733. The fraction of sp³-hybridized carbons (Fsp3) is 0.308. The molecular formula is C13H15BrN2OS. The summed E-state index contributed by atoms with van der Waals surface area (Å²) in [6, 6.07) is 10.3. The van der Waals surface area contributed by atoms with Crippen LogP contribution in [0.5, 0.6) is 0 Å². The molecule has 0 saturated carbocycles. The van der Waals surface area contributed by atoms with E-state index in [1.807, 2.05) is 12.1 Å². The van der Waals surface area contributed by atoms with Crippen molar-refractivity contribution in [2.24, 2.45) is 0 Å². The second kappa shape index (κ2) is 6.99. The summed E-state index contributed by atoms with van der Waals surface area (Å²) in [6.45, 7) is 2.44. The first kappa shape index (κ1) is 13.7. The maximum atomic E-state index is 4.99. The van der Waals surface area contributed by atoms with Crippen LogP contribution in [0.3, 0.4) is 0 Å². The molecule has 0 aliphatic rings. The number of halogens is 1. The zero-order valence-electron chi connectivity index (χ0n) is 10.1. The Kier molecular flexibility index (Phi) is 5.31.